The number of hydrogen-bond acceptors (Lipinski definition) is 4. The Morgan fingerprint density at radius 3 is 2.52 bits per heavy atom. The van der Waals surface area contributed by atoms with E-state index in [1.54, 1.807) is 36.4 Å². The second-order valence-corrected chi connectivity index (χ2v) is 7.66. The van der Waals surface area contributed by atoms with E-state index in [4.69, 9.17) is 9.47 Å². The van der Waals surface area contributed by atoms with Crippen molar-refractivity contribution in [3.63, 3.8) is 0 Å². The van der Waals surface area contributed by atoms with E-state index in [0.717, 1.165) is 0 Å². The number of ether oxygens (including phenoxy) is 2. The smallest absolute Gasteiger partial charge is 0.265 e. The van der Waals surface area contributed by atoms with Gasteiger partial charge in [0, 0.05) is 10.5 Å². The van der Waals surface area contributed by atoms with Crippen LogP contribution in [0.15, 0.2) is 51.8 Å². The molecule has 1 N–H and O–H groups in total. The molecule has 124 valence electrons. The van der Waals surface area contributed by atoms with Gasteiger partial charge in [0.2, 0.25) is 0 Å². The molecule has 0 bridgehead atoms. The fourth-order valence-corrected chi connectivity index (χ4v) is 3.73. The van der Waals surface area contributed by atoms with Crippen LogP contribution in [0.25, 0.3) is 0 Å². The quantitative estimate of drug-likeness (QED) is 0.795. The molecule has 0 saturated carbocycles. The third kappa shape index (κ3) is 4.62. The van der Waals surface area contributed by atoms with Crippen molar-refractivity contribution in [3.05, 3.63) is 46.9 Å². The Bertz CT molecular complexity index is 790. The lowest BCUT2D eigenvalue weighted by molar-refractivity contribution is 0.242. The molecule has 0 amide bonds. The maximum absolute atomic E-state index is 12.6. The van der Waals surface area contributed by atoms with Gasteiger partial charge in [0.1, 0.15) is 16.4 Å². The zero-order valence-corrected chi connectivity index (χ0v) is 15.4. The van der Waals surface area contributed by atoms with Crippen molar-refractivity contribution in [2.24, 2.45) is 0 Å². The zero-order valence-electron chi connectivity index (χ0n) is 13.0. The highest BCUT2D eigenvalue weighted by Crippen LogP contribution is 2.29. The normalized spacial score (nSPS) is 11.3. The number of anilines is 1. The molecular weight excluding hydrogens is 382 g/mol. The van der Waals surface area contributed by atoms with Crippen molar-refractivity contribution in [3.8, 4) is 11.5 Å². The second-order valence-electron chi connectivity index (χ2n) is 5.10. The van der Waals surface area contributed by atoms with E-state index in [9.17, 15) is 8.42 Å². The van der Waals surface area contributed by atoms with Gasteiger partial charge in [-0.15, -0.1) is 0 Å². The summed E-state index contributed by atoms with van der Waals surface area (Å²) in [5.74, 6) is 0.872. The van der Waals surface area contributed by atoms with Gasteiger partial charge in [-0.25, -0.2) is 8.42 Å². The summed E-state index contributed by atoms with van der Waals surface area (Å²) in [7, 11) is -2.35. The Labute approximate surface area is 144 Å². The molecule has 2 aromatic carbocycles. The summed E-state index contributed by atoms with van der Waals surface area (Å²) < 4.78 is 39.1. The van der Waals surface area contributed by atoms with Crippen LogP contribution >= 0.6 is 15.9 Å². The summed E-state index contributed by atoms with van der Waals surface area (Å²) in [6.45, 7) is 3.81. The first-order chi connectivity index (χ1) is 10.8. The minimum absolute atomic E-state index is 0.00651. The van der Waals surface area contributed by atoms with Gasteiger partial charge >= 0.3 is 0 Å². The fourth-order valence-electron chi connectivity index (χ4n) is 1.98. The molecule has 0 aliphatic carbocycles. The van der Waals surface area contributed by atoms with Gasteiger partial charge in [-0.1, -0.05) is 22.0 Å². The average Bonchev–Trinajstić information content (AvgIpc) is 2.46. The van der Waals surface area contributed by atoms with Gasteiger partial charge in [0.15, 0.2) is 0 Å². The molecule has 0 radical (unpaired) electrons. The summed E-state index contributed by atoms with van der Waals surface area (Å²) in [5.41, 5.74) is 0.421. The zero-order chi connectivity index (χ0) is 17.0. The van der Waals surface area contributed by atoms with Crippen LogP contribution in [0.3, 0.4) is 0 Å². The Hall–Kier alpha value is -1.73. The molecule has 0 atom stereocenters. The molecule has 0 heterocycles. The molecule has 7 heteroatoms. The molecule has 0 aliphatic heterocycles. The van der Waals surface area contributed by atoms with Crippen molar-refractivity contribution in [1.82, 2.24) is 0 Å². The average molecular weight is 400 g/mol. The number of halogens is 1. The SMILES string of the molecule is COc1ccc(Br)cc1S(=O)(=O)Nc1cccc(OC(C)C)c1. The van der Waals surface area contributed by atoms with Gasteiger partial charge in [0.25, 0.3) is 10.0 Å². The molecule has 0 aromatic heterocycles. The Morgan fingerprint density at radius 2 is 1.87 bits per heavy atom. The standard InChI is InChI=1S/C16H18BrNO4S/c1-11(2)22-14-6-4-5-13(10-14)18-23(19,20)16-9-12(17)7-8-15(16)21-3/h4-11,18H,1-3H3. The highest BCUT2D eigenvalue weighted by Gasteiger charge is 2.20. The van der Waals surface area contributed by atoms with Crippen LogP contribution in [0.5, 0.6) is 11.5 Å². The summed E-state index contributed by atoms with van der Waals surface area (Å²) in [4.78, 5) is 0.0598. The number of sulfonamides is 1. The van der Waals surface area contributed by atoms with Gasteiger partial charge in [0.05, 0.1) is 18.9 Å². The number of nitrogens with one attached hydrogen (secondary N) is 1. The van der Waals surface area contributed by atoms with E-state index in [1.165, 1.54) is 13.2 Å². The highest BCUT2D eigenvalue weighted by molar-refractivity contribution is 9.10. The summed E-state index contributed by atoms with van der Waals surface area (Å²) in [6, 6.07) is 11.6. The lowest BCUT2D eigenvalue weighted by Gasteiger charge is -2.14. The van der Waals surface area contributed by atoms with Crippen LogP contribution < -0.4 is 14.2 Å². The largest absolute Gasteiger partial charge is 0.495 e. The predicted octanol–water partition coefficient (Wildman–Crippen LogP) is 4.05. The van der Waals surface area contributed by atoms with Gasteiger partial charge in [-0.2, -0.15) is 0 Å². The highest BCUT2D eigenvalue weighted by atomic mass is 79.9. The molecule has 5 nitrogen and oxygen atoms in total. The minimum Gasteiger partial charge on any atom is -0.495 e. The number of hydrogen-bond donors (Lipinski definition) is 1. The lowest BCUT2D eigenvalue weighted by atomic mass is 10.3. The van der Waals surface area contributed by atoms with Crippen molar-refractivity contribution < 1.29 is 17.9 Å². The molecule has 2 aromatic rings. The van der Waals surface area contributed by atoms with E-state index < -0.39 is 10.0 Å². The number of rotatable bonds is 6. The van der Waals surface area contributed by atoms with Crippen LogP contribution in [-0.4, -0.2) is 21.6 Å². The van der Waals surface area contributed by atoms with Crippen molar-refractivity contribution in [2.45, 2.75) is 24.8 Å². The van der Waals surface area contributed by atoms with Crippen LogP contribution in [0.2, 0.25) is 0 Å². The molecule has 2 rings (SSSR count). The lowest BCUT2D eigenvalue weighted by Crippen LogP contribution is -2.14. The molecule has 23 heavy (non-hydrogen) atoms. The molecule has 0 spiro atoms. The molecule has 0 aliphatic rings. The topological polar surface area (TPSA) is 64.6 Å². The first-order valence-corrected chi connectivity index (χ1v) is 9.22. The Morgan fingerprint density at radius 1 is 1.13 bits per heavy atom. The second kappa shape index (κ2) is 7.23. The van der Waals surface area contributed by atoms with Crippen molar-refractivity contribution in [2.75, 3.05) is 11.8 Å². The summed E-state index contributed by atoms with van der Waals surface area (Å²) >= 11 is 3.27. The van der Waals surface area contributed by atoms with E-state index in [2.05, 4.69) is 20.7 Å². The summed E-state index contributed by atoms with van der Waals surface area (Å²) in [6.07, 6.45) is 0.00651. The van der Waals surface area contributed by atoms with Gasteiger partial charge in [-0.3, -0.25) is 4.72 Å². The Kier molecular flexibility index (Phi) is 5.54. The first kappa shape index (κ1) is 17.6. The van der Waals surface area contributed by atoms with Crippen LogP contribution in [0, 0.1) is 0 Å². The predicted molar refractivity (Wildman–Crippen MR) is 93.7 cm³/mol. The van der Waals surface area contributed by atoms with Crippen LogP contribution in [0.4, 0.5) is 5.69 Å². The molecule has 0 unspecified atom stereocenters. The monoisotopic (exact) mass is 399 g/mol. The maximum Gasteiger partial charge on any atom is 0.265 e. The third-order valence-electron chi connectivity index (χ3n) is 2.87. The van der Waals surface area contributed by atoms with Crippen LogP contribution in [-0.2, 0) is 10.0 Å². The number of methoxy groups -OCH3 is 1. The molecular formula is C16H18BrNO4S. The Balaban J connectivity index is 2.33. The van der Waals surface area contributed by atoms with E-state index in [1.807, 2.05) is 13.8 Å². The fraction of sp³-hybridized carbons (Fsp3) is 0.250. The van der Waals surface area contributed by atoms with Gasteiger partial charge < -0.3 is 9.47 Å². The van der Waals surface area contributed by atoms with E-state index >= 15 is 0 Å². The minimum atomic E-state index is -3.78. The summed E-state index contributed by atoms with van der Waals surface area (Å²) in [5, 5.41) is 0. The maximum atomic E-state index is 12.6. The molecule has 0 saturated heterocycles. The van der Waals surface area contributed by atoms with E-state index in [0.29, 0.717) is 15.9 Å². The van der Waals surface area contributed by atoms with Gasteiger partial charge in [-0.05, 0) is 44.2 Å². The molecule has 0 fully saturated rings. The third-order valence-corrected chi connectivity index (χ3v) is 4.77. The first-order valence-electron chi connectivity index (χ1n) is 6.95. The number of benzene rings is 2. The van der Waals surface area contributed by atoms with Crippen LogP contribution in [0.1, 0.15) is 13.8 Å². The van der Waals surface area contributed by atoms with Crippen molar-refractivity contribution >= 4 is 31.6 Å². The van der Waals surface area contributed by atoms with Crippen molar-refractivity contribution in [1.29, 1.82) is 0 Å². The van der Waals surface area contributed by atoms with E-state index in [-0.39, 0.29) is 16.7 Å².